The zero-order valence-corrected chi connectivity index (χ0v) is 16.9. The van der Waals surface area contributed by atoms with Crippen molar-refractivity contribution in [3.05, 3.63) is 100 Å². The maximum absolute atomic E-state index is 13.5. The van der Waals surface area contributed by atoms with Crippen LogP contribution in [0, 0.1) is 28.8 Å². The van der Waals surface area contributed by atoms with E-state index in [1.165, 1.54) is 24.4 Å². The molecule has 0 saturated heterocycles. The topological polar surface area (TPSA) is 90.4 Å². The Labute approximate surface area is 185 Å². The average molecular weight is 448 g/mol. The first-order valence-corrected chi connectivity index (χ1v) is 9.65. The number of benzene rings is 3. The van der Waals surface area contributed by atoms with Gasteiger partial charge in [0.15, 0.2) is 17.5 Å². The highest BCUT2D eigenvalue weighted by Gasteiger charge is 2.12. The molecule has 1 aromatic heterocycles. The molecule has 0 spiro atoms. The summed E-state index contributed by atoms with van der Waals surface area (Å²) in [6.07, 6.45) is 3.16. The predicted octanol–water partition coefficient (Wildman–Crippen LogP) is 4.45. The highest BCUT2D eigenvalue weighted by atomic mass is 19.2. The second-order valence-corrected chi connectivity index (χ2v) is 7.14. The molecule has 0 aliphatic heterocycles. The Morgan fingerprint density at radius 2 is 1.88 bits per heavy atom. The second kappa shape index (κ2) is 8.88. The summed E-state index contributed by atoms with van der Waals surface area (Å²) in [5, 5.41) is 23.2. The summed E-state index contributed by atoms with van der Waals surface area (Å²) >= 11 is 0. The predicted molar refractivity (Wildman–Crippen MR) is 115 cm³/mol. The lowest BCUT2D eigenvalue weighted by molar-refractivity contribution is 0.0955. The number of nitrogens with zero attached hydrogens (tertiary/aromatic N) is 3. The van der Waals surface area contributed by atoms with Crippen molar-refractivity contribution in [1.82, 2.24) is 9.99 Å². The monoisotopic (exact) mass is 448 g/mol. The average Bonchev–Trinajstić information content (AvgIpc) is 3.21. The summed E-state index contributed by atoms with van der Waals surface area (Å²) in [6, 6.07) is 14.7. The van der Waals surface area contributed by atoms with E-state index in [-0.39, 0.29) is 29.0 Å². The van der Waals surface area contributed by atoms with E-state index in [1.54, 1.807) is 41.1 Å². The number of hydrogen-bond donors (Lipinski definition) is 2. The number of halogens is 3. The molecule has 0 bridgehead atoms. The number of carbonyl (C=O) groups is 1. The number of carbonyl (C=O) groups excluding carboxylic acids is 1. The molecule has 1 amide bonds. The van der Waals surface area contributed by atoms with Crippen molar-refractivity contribution >= 4 is 23.0 Å². The molecule has 2 N–H and O–H groups in total. The molecule has 164 valence electrons. The van der Waals surface area contributed by atoms with Gasteiger partial charge in [0.25, 0.3) is 5.91 Å². The molecule has 4 aromatic rings. The molecule has 0 radical (unpaired) electrons. The van der Waals surface area contributed by atoms with Crippen LogP contribution in [0.15, 0.2) is 65.9 Å². The largest absolute Gasteiger partial charge is 0.507 e. The molecule has 9 heteroatoms. The third-order valence-corrected chi connectivity index (χ3v) is 4.99. The quantitative estimate of drug-likeness (QED) is 0.269. The second-order valence-electron chi connectivity index (χ2n) is 7.14. The number of rotatable bonds is 5. The zero-order valence-electron chi connectivity index (χ0n) is 16.9. The van der Waals surface area contributed by atoms with Crippen LogP contribution < -0.4 is 5.43 Å². The summed E-state index contributed by atoms with van der Waals surface area (Å²) in [6.45, 7) is 0.122. The van der Waals surface area contributed by atoms with Crippen LogP contribution in [-0.2, 0) is 6.54 Å². The summed E-state index contributed by atoms with van der Waals surface area (Å²) in [5.41, 5.74) is 4.17. The Kier molecular flexibility index (Phi) is 5.83. The van der Waals surface area contributed by atoms with Crippen molar-refractivity contribution in [2.75, 3.05) is 0 Å². The lowest BCUT2D eigenvalue weighted by atomic mass is 10.1. The van der Waals surface area contributed by atoms with Gasteiger partial charge < -0.3 is 9.67 Å². The van der Waals surface area contributed by atoms with Gasteiger partial charge in [0.05, 0.1) is 11.8 Å². The molecule has 6 nitrogen and oxygen atoms in total. The van der Waals surface area contributed by atoms with E-state index in [9.17, 15) is 23.1 Å². The maximum Gasteiger partial charge on any atom is 0.271 e. The molecule has 4 rings (SSSR count). The number of hydrogen-bond acceptors (Lipinski definition) is 4. The van der Waals surface area contributed by atoms with Crippen LogP contribution in [0.4, 0.5) is 13.2 Å². The number of nitriles is 1. The van der Waals surface area contributed by atoms with Crippen molar-refractivity contribution in [3.63, 3.8) is 0 Å². The molecular weight excluding hydrogens is 433 g/mol. The number of amides is 1. The Balaban J connectivity index is 1.54. The van der Waals surface area contributed by atoms with E-state index >= 15 is 0 Å². The summed E-state index contributed by atoms with van der Waals surface area (Å²) in [7, 11) is 0. The van der Waals surface area contributed by atoms with Gasteiger partial charge in [-0.25, -0.2) is 18.6 Å². The molecule has 0 aliphatic rings. The fourth-order valence-electron chi connectivity index (χ4n) is 3.39. The van der Waals surface area contributed by atoms with Gasteiger partial charge in [0, 0.05) is 34.8 Å². The van der Waals surface area contributed by atoms with Crippen LogP contribution in [0.25, 0.3) is 10.9 Å². The van der Waals surface area contributed by atoms with E-state index in [1.807, 2.05) is 0 Å². The highest BCUT2D eigenvalue weighted by Crippen LogP contribution is 2.22. The lowest BCUT2D eigenvalue weighted by Gasteiger charge is -2.07. The van der Waals surface area contributed by atoms with Crippen molar-refractivity contribution in [2.45, 2.75) is 6.54 Å². The standard InChI is InChI=1S/C24H15F3N4O2/c25-19-8-14(9-20(26)23(19)27)13-31-7-6-18-16(2-1-3-21(18)31)12-29-30-24(33)15-4-5-22(32)17(10-15)11-28/h1-10,12,32H,13H2,(H,30,33). The lowest BCUT2D eigenvalue weighted by Crippen LogP contribution is -2.17. The molecule has 33 heavy (non-hydrogen) atoms. The Morgan fingerprint density at radius 1 is 1.12 bits per heavy atom. The fourth-order valence-corrected chi connectivity index (χ4v) is 3.39. The number of aromatic nitrogens is 1. The van der Waals surface area contributed by atoms with Crippen LogP contribution in [0.1, 0.15) is 27.0 Å². The highest BCUT2D eigenvalue weighted by molar-refractivity contribution is 6.00. The maximum atomic E-state index is 13.5. The van der Waals surface area contributed by atoms with E-state index in [4.69, 9.17) is 5.26 Å². The minimum Gasteiger partial charge on any atom is -0.507 e. The minimum atomic E-state index is -1.51. The summed E-state index contributed by atoms with van der Waals surface area (Å²) in [5.74, 6) is -4.79. The minimum absolute atomic E-state index is 0.0290. The van der Waals surface area contributed by atoms with Gasteiger partial charge in [-0.15, -0.1) is 0 Å². The van der Waals surface area contributed by atoms with E-state index in [0.717, 1.165) is 23.0 Å². The van der Waals surface area contributed by atoms with Crippen LogP contribution in [0.3, 0.4) is 0 Å². The Hall–Kier alpha value is -4.58. The summed E-state index contributed by atoms with van der Waals surface area (Å²) < 4.78 is 42.0. The van der Waals surface area contributed by atoms with Gasteiger partial charge >= 0.3 is 0 Å². The first-order valence-electron chi connectivity index (χ1n) is 9.65. The van der Waals surface area contributed by atoms with Gasteiger partial charge in [-0.1, -0.05) is 12.1 Å². The number of fused-ring (bicyclic) bond motifs is 1. The number of phenols is 1. The van der Waals surface area contributed by atoms with Gasteiger partial charge in [0.1, 0.15) is 11.8 Å². The Morgan fingerprint density at radius 3 is 2.61 bits per heavy atom. The van der Waals surface area contributed by atoms with E-state index in [2.05, 4.69) is 10.5 Å². The number of nitrogens with one attached hydrogen (secondary N) is 1. The first-order chi connectivity index (χ1) is 15.9. The number of phenolic OH excluding ortho intramolecular Hbond substituents is 1. The molecule has 0 unspecified atom stereocenters. The molecule has 0 fully saturated rings. The van der Waals surface area contributed by atoms with Gasteiger partial charge in [-0.05, 0) is 48.0 Å². The van der Waals surface area contributed by atoms with Gasteiger partial charge in [0.2, 0.25) is 0 Å². The van der Waals surface area contributed by atoms with Crippen molar-refractivity contribution < 1.29 is 23.1 Å². The van der Waals surface area contributed by atoms with Crippen LogP contribution >= 0.6 is 0 Å². The summed E-state index contributed by atoms with van der Waals surface area (Å²) in [4.78, 5) is 12.3. The van der Waals surface area contributed by atoms with E-state index in [0.29, 0.717) is 5.56 Å². The SMILES string of the molecule is N#Cc1cc(C(=O)NN=Cc2cccc3c2ccn3Cc2cc(F)c(F)c(F)c2)ccc1O. The normalized spacial score (nSPS) is 11.1. The molecule has 0 saturated carbocycles. The van der Waals surface area contributed by atoms with Crippen LogP contribution in [0.5, 0.6) is 5.75 Å². The Bertz CT molecular complexity index is 1430. The third-order valence-electron chi connectivity index (χ3n) is 4.99. The third kappa shape index (κ3) is 4.41. The smallest absolute Gasteiger partial charge is 0.271 e. The number of hydrazone groups is 1. The molecule has 1 heterocycles. The van der Waals surface area contributed by atoms with Gasteiger partial charge in [-0.2, -0.15) is 10.4 Å². The molecular formula is C24H15F3N4O2. The molecule has 0 atom stereocenters. The fraction of sp³-hybridized carbons (Fsp3) is 0.0417. The number of aromatic hydroxyl groups is 1. The molecule has 3 aromatic carbocycles. The van der Waals surface area contributed by atoms with Crippen LogP contribution in [-0.4, -0.2) is 21.8 Å². The van der Waals surface area contributed by atoms with Crippen molar-refractivity contribution in [1.29, 1.82) is 5.26 Å². The first kappa shape index (κ1) is 21.6. The van der Waals surface area contributed by atoms with Crippen molar-refractivity contribution in [2.24, 2.45) is 5.10 Å². The van der Waals surface area contributed by atoms with Crippen LogP contribution in [0.2, 0.25) is 0 Å². The van der Waals surface area contributed by atoms with Crippen molar-refractivity contribution in [3.8, 4) is 11.8 Å². The van der Waals surface area contributed by atoms with E-state index < -0.39 is 23.4 Å². The zero-order chi connectivity index (χ0) is 23.5. The van der Waals surface area contributed by atoms with Gasteiger partial charge in [-0.3, -0.25) is 4.79 Å². The molecule has 0 aliphatic carbocycles.